The number of carbonyl (C=O) groups excluding carboxylic acids is 2. The van der Waals surface area contributed by atoms with Gasteiger partial charge >= 0.3 is 12.1 Å². The Labute approximate surface area is 153 Å². The van der Waals surface area contributed by atoms with Crippen LogP contribution in [0.2, 0.25) is 0 Å². The van der Waals surface area contributed by atoms with Gasteiger partial charge in [0.1, 0.15) is 0 Å². The number of aliphatic carboxylic acids is 1. The van der Waals surface area contributed by atoms with Crippen molar-refractivity contribution in [2.45, 2.75) is 25.1 Å². The van der Waals surface area contributed by atoms with Crippen molar-refractivity contribution in [3.05, 3.63) is 35.4 Å². The SMILES string of the molecule is CN1C(=O)C[C@H](C(=O)N2CC[C@H](C(=O)O)C2)[C@H]1c1ccc(C(F)(F)F)cc1. The van der Waals surface area contributed by atoms with Gasteiger partial charge in [0.25, 0.3) is 0 Å². The van der Waals surface area contributed by atoms with Gasteiger partial charge in [-0.15, -0.1) is 0 Å². The molecule has 2 saturated heterocycles. The second kappa shape index (κ2) is 6.86. The van der Waals surface area contributed by atoms with E-state index in [0.717, 1.165) is 12.1 Å². The summed E-state index contributed by atoms with van der Waals surface area (Å²) in [6.07, 6.45) is -4.16. The number of amides is 2. The Bertz CT molecular complexity index is 763. The molecule has 1 aromatic rings. The zero-order valence-electron chi connectivity index (χ0n) is 14.6. The fourth-order valence-electron chi connectivity index (χ4n) is 3.81. The van der Waals surface area contributed by atoms with Crippen LogP contribution in [0, 0.1) is 11.8 Å². The lowest BCUT2D eigenvalue weighted by molar-refractivity contribution is -0.142. The van der Waals surface area contributed by atoms with E-state index in [1.54, 1.807) is 0 Å². The van der Waals surface area contributed by atoms with Crippen LogP contribution < -0.4 is 0 Å². The fraction of sp³-hybridized carbons (Fsp3) is 0.500. The number of carbonyl (C=O) groups is 3. The van der Waals surface area contributed by atoms with Crippen molar-refractivity contribution < 1.29 is 32.7 Å². The van der Waals surface area contributed by atoms with Crippen LogP contribution in [0.4, 0.5) is 13.2 Å². The van der Waals surface area contributed by atoms with Gasteiger partial charge in [-0.25, -0.2) is 0 Å². The monoisotopic (exact) mass is 384 g/mol. The minimum atomic E-state index is -4.47. The lowest BCUT2D eigenvalue weighted by Gasteiger charge is -2.28. The lowest BCUT2D eigenvalue weighted by atomic mass is 9.92. The Kier molecular flexibility index (Phi) is 4.88. The summed E-state index contributed by atoms with van der Waals surface area (Å²) in [6.45, 7) is 0.381. The molecule has 0 radical (unpaired) electrons. The second-order valence-electron chi connectivity index (χ2n) is 6.99. The zero-order chi connectivity index (χ0) is 19.9. The van der Waals surface area contributed by atoms with Crippen LogP contribution in [0.3, 0.4) is 0 Å². The van der Waals surface area contributed by atoms with Crippen molar-refractivity contribution in [1.29, 1.82) is 0 Å². The van der Waals surface area contributed by atoms with Crippen LogP contribution in [-0.2, 0) is 20.6 Å². The molecule has 3 rings (SSSR count). The maximum absolute atomic E-state index is 12.9. The summed E-state index contributed by atoms with van der Waals surface area (Å²) in [4.78, 5) is 39.0. The van der Waals surface area contributed by atoms with Gasteiger partial charge in [-0.3, -0.25) is 14.4 Å². The number of carboxylic acid groups (broad SMARTS) is 1. The summed E-state index contributed by atoms with van der Waals surface area (Å²) in [7, 11) is 1.52. The minimum absolute atomic E-state index is 0.0464. The molecule has 2 aliphatic heterocycles. The molecule has 2 aliphatic rings. The summed E-state index contributed by atoms with van der Waals surface area (Å²) in [6, 6.07) is 3.77. The third kappa shape index (κ3) is 3.63. The smallest absolute Gasteiger partial charge is 0.416 e. The maximum atomic E-state index is 12.9. The standard InChI is InChI=1S/C18H19F3N2O4/c1-22-14(24)8-13(16(25)23-7-6-11(9-23)17(26)27)15(22)10-2-4-12(5-3-10)18(19,20)21/h2-5,11,13,15H,6-9H2,1H3,(H,26,27)/t11-,13-,15+/m0/s1. The predicted molar refractivity (Wildman–Crippen MR) is 87.4 cm³/mol. The molecular formula is C18H19F3N2O4. The van der Waals surface area contributed by atoms with E-state index in [1.807, 2.05) is 0 Å². The number of halogens is 3. The van der Waals surface area contributed by atoms with Crippen LogP contribution in [-0.4, -0.2) is 52.8 Å². The minimum Gasteiger partial charge on any atom is -0.481 e. The van der Waals surface area contributed by atoms with Crippen molar-refractivity contribution in [1.82, 2.24) is 9.80 Å². The van der Waals surface area contributed by atoms with Crippen LogP contribution in [0.1, 0.15) is 30.0 Å². The molecule has 2 heterocycles. The zero-order valence-corrected chi connectivity index (χ0v) is 14.6. The first kappa shape index (κ1) is 19.2. The van der Waals surface area contributed by atoms with E-state index in [0.29, 0.717) is 18.5 Å². The molecule has 0 spiro atoms. The predicted octanol–water partition coefficient (Wildman–Crippen LogP) is 2.16. The number of hydrogen-bond acceptors (Lipinski definition) is 3. The van der Waals surface area contributed by atoms with Crippen molar-refractivity contribution in [3.8, 4) is 0 Å². The fourth-order valence-corrected chi connectivity index (χ4v) is 3.81. The highest BCUT2D eigenvalue weighted by Crippen LogP contribution is 2.40. The van der Waals surface area contributed by atoms with Crippen LogP contribution in [0.25, 0.3) is 0 Å². The van der Waals surface area contributed by atoms with Gasteiger partial charge in [0, 0.05) is 26.6 Å². The van der Waals surface area contributed by atoms with Crippen LogP contribution in [0.15, 0.2) is 24.3 Å². The van der Waals surface area contributed by atoms with E-state index < -0.39 is 35.6 Å². The average Bonchev–Trinajstić information content (AvgIpc) is 3.20. The first-order chi connectivity index (χ1) is 12.6. The number of nitrogens with zero attached hydrogens (tertiary/aromatic N) is 2. The van der Waals surface area contributed by atoms with Gasteiger partial charge in [-0.1, -0.05) is 12.1 Å². The van der Waals surface area contributed by atoms with Crippen molar-refractivity contribution in [2.75, 3.05) is 20.1 Å². The van der Waals surface area contributed by atoms with E-state index in [1.165, 1.54) is 29.0 Å². The summed E-state index contributed by atoms with van der Waals surface area (Å²) >= 11 is 0. The number of alkyl halides is 3. The molecule has 0 aliphatic carbocycles. The van der Waals surface area contributed by atoms with Gasteiger partial charge in [0.05, 0.1) is 23.4 Å². The van der Waals surface area contributed by atoms with Gasteiger partial charge in [-0.2, -0.15) is 13.2 Å². The number of likely N-dealkylation sites (tertiary alicyclic amines) is 2. The normalized spacial score (nSPS) is 25.9. The highest BCUT2D eigenvalue weighted by Gasteiger charge is 2.46. The second-order valence-corrected chi connectivity index (χ2v) is 6.99. The molecular weight excluding hydrogens is 365 g/mol. The number of carboxylic acids is 1. The number of hydrogen-bond donors (Lipinski definition) is 1. The van der Waals surface area contributed by atoms with E-state index in [2.05, 4.69) is 0 Å². The molecule has 146 valence electrons. The van der Waals surface area contributed by atoms with Crippen molar-refractivity contribution in [2.24, 2.45) is 11.8 Å². The molecule has 1 N–H and O–H groups in total. The third-order valence-corrected chi connectivity index (χ3v) is 5.33. The molecule has 0 unspecified atom stereocenters. The van der Waals surface area contributed by atoms with Crippen LogP contribution >= 0.6 is 0 Å². The Morgan fingerprint density at radius 1 is 1.19 bits per heavy atom. The highest BCUT2D eigenvalue weighted by molar-refractivity contribution is 5.90. The third-order valence-electron chi connectivity index (χ3n) is 5.33. The van der Waals surface area contributed by atoms with Crippen molar-refractivity contribution >= 4 is 17.8 Å². The summed E-state index contributed by atoms with van der Waals surface area (Å²) in [5, 5.41) is 9.09. The Morgan fingerprint density at radius 2 is 1.81 bits per heavy atom. The molecule has 27 heavy (non-hydrogen) atoms. The maximum Gasteiger partial charge on any atom is 0.416 e. The first-order valence-corrected chi connectivity index (χ1v) is 8.54. The van der Waals surface area contributed by atoms with E-state index in [-0.39, 0.29) is 24.8 Å². The van der Waals surface area contributed by atoms with Gasteiger partial charge in [-0.05, 0) is 24.1 Å². The summed E-state index contributed by atoms with van der Waals surface area (Å²) < 4.78 is 38.3. The molecule has 1 aromatic carbocycles. The molecule has 0 saturated carbocycles. The van der Waals surface area contributed by atoms with Gasteiger partial charge in [0.15, 0.2) is 0 Å². The van der Waals surface area contributed by atoms with Crippen molar-refractivity contribution in [3.63, 3.8) is 0 Å². The Balaban J connectivity index is 1.83. The Morgan fingerprint density at radius 3 is 2.33 bits per heavy atom. The molecule has 6 nitrogen and oxygen atoms in total. The highest BCUT2D eigenvalue weighted by atomic mass is 19.4. The molecule has 3 atom stereocenters. The quantitative estimate of drug-likeness (QED) is 0.866. The molecule has 2 amide bonds. The van der Waals surface area contributed by atoms with E-state index in [9.17, 15) is 27.6 Å². The number of benzene rings is 1. The lowest BCUT2D eigenvalue weighted by Crippen LogP contribution is -2.37. The summed E-state index contributed by atoms with van der Waals surface area (Å²) in [5.74, 6) is -2.95. The molecule has 2 fully saturated rings. The largest absolute Gasteiger partial charge is 0.481 e. The van der Waals surface area contributed by atoms with Crippen LogP contribution in [0.5, 0.6) is 0 Å². The topological polar surface area (TPSA) is 77.9 Å². The van der Waals surface area contributed by atoms with Gasteiger partial charge < -0.3 is 14.9 Å². The van der Waals surface area contributed by atoms with E-state index in [4.69, 9.17) is 5.11 Å². The Hall–Kier alpha value is -2.58. The van der Waals surface area contributed by atoms with E-state index >= 15 is 0 Å². The average molecular weight is 384 g/mol. The molecule has 0 aromatic heterocycles. The first-order valence-electron chi connectivity index (χ1n) is 8.54. The molecule has 9 heteroatoms. The number of rotatable bonds is 3. The van der Waals surface area contributed by atoms with Gasteiger partial charge in [0.2, 0.25) is 11.8 Å². The summed E-state index contributed by atoms with van der Waals surface area (Å²) in [5.41, 5.74) is -0.353. The molecule has 0 bridgehead atoms.